The maximum atomic E-state index is 8.22. The van der Waals surface area contributed by atoms with Crippen LogP contribution in [0.5, 0.6) is 0 Å². The first-order chi connectivity index (χ1) is 3.31. The van der Waals surface area contributed by atoms with E-state index in [2.05, 4.69) is 6.58 Å². The maximum Gasteiger partial charge on any atom is 0.0578 e. The largest absolute Gasteiger partial charge is 0.396 e. The minimum Gasteiger partial charge on any atom is -0.396 e. The molecule has 0 aromatic rings. The molecule has 0 bridgehead atoms. The molecule has 0 aromatic heterocycles. The highest BCUT2D eigenvalue weighted by atomic mass is 16.3. The molecule has 0 spiro atoms. The molecule has 41 valence electrons. The summed E-state index contributed by atoms with van der Waals surface area (Å²) in [4.78, 5) is 0. The lowest BCUT2D eigenvalue weighted by molar-refractivity contribution is 0.294. The Hall–Kier alpha value is -0.340. The van der Waals surface area contributed by atoms with Crippen LogP contribution in [0.15, 0.2) is 12.7 Å². The number of aliphatic hydroxyl groups is 1. The summed E-state index contributed by atoms with van der Waals surface area (Å²) in [5.41, 5.74) is 5.22. The SMILES string of the molecule is C=C[C](N)CCO. The highest BCUT2D eigenvalue weighted by Crippen LogP contribution is 1.93. The summed E-state index contributed by atoms with van der Waals surface area (Å²) < 4.78 is 0. The molecule has 7 heavy (non-hydrogen) atoms. The molecule has 0 aliphatic carbocycles. The van der Waals surface area contributed by atoms with E-state index in [1.807, 2.05) is 0 Å². The molecule has 0 atom stereocenters. The summed E-state index contributed by atoms with van der Waals surface area (Å²) in [6.07, 6.45) is 2.07. The standard InChI is InChI=1S/C5H10NO/c1-2-5(6)3-4-7/h2,7H,1,3-4,6H2. The number of nitrogens with two attached hydrogens (primary N) is 1. The average molecular weight is 100 g/mol. The van der Waals surface area contributed by atoms with Crippen LogP contribution in [0.25, 0.3) is 0 Å². The Balaban J connectivity index is 2.98. The highest BCUT2D eigenvalue weighted by molar-refractivity contribution is 4.99. The van der Waals surface area contributed by atoms with Crippen molar-refractivity contribution in [3.8, 4) is 0 Å². The summed E-state index contributed by atoms with van der Waals surface area (Å²) in [6.45, 7) is 3.52. The molecule has 0 rings (SSSR count). The van der Waals surface area contributed by atoms with Crippen LogP contribution in [-0.2, 0) is 0 Å². The van der Waals surface area contributed by atoms with Gasteiger partial charge in [-0.1, -0.05) is 6.08 Å². The van der Waals surface area contributed by atoms with Crippen molar-refractivity contribution in [2.24, 2.45) is 5.73 Å². The third-order valence-electron chi connectivity index (χ3n) is 0.663. The van der Waals surface area contributed by atoms with Gasteiger partial charge in [0.1, 0.15) is 0 Å². The lowest BCUT2D eigenvalue weighted by atomic mass is 10.2. The lowest BCUT2D eigenvalue weighted by Crippen LogP contribution is -2.07. The van der Waals surface area contributed by atoms with Crippen molar-refractivity contribution in [2.75, 3.05) is 6.61 Å². The van der Waals surface area contributed by atoms with E-state index in [4.69, 9.17) is 10.8 Å². The molecule has 0 fully saturated rings. The van der Waals surface area contributed by atoms with Crippen LogP contribution in [0.4, 0.5) is 0 Å². The van der Waals surface area contributed by atoms with Crippen molar-refractivity contribution in [3.63, 3.8) is 0 Å². The van der Waals surface area contributed by atoms with Gasteiger partial charge in [0.15, 0.2) is 0 Å². The zero-order valence-corrected chi connectivity index (χ0v) is 4.22. The van der Waals surface area contributed by atoms with Crippen LogP contribution in [0.1, 0.15) is 6.42 Å². The Bertz CT molecular complexity index is 54.0. The molecular formula is C5H10NO. The predicted octanol–water partition coefficient (Wildman–Crippen LogP) is 0.0455. The number of aliphatic hydroxyl groups excluding tert-OH is 1. The molecule has 0 aliphatic rings. The smallest absolute Gasteiger partial charge is 0.0578 e. The molecule has 0 aliphatic heterocycles. The van der Waals surface area contributed by atoms with E-state index in [9.17, 15) is 0 Å². The van der Waals surface area contributed by atoms with Gasteiger partial charge in [-0.2, -0.15) is 0 Å². The number of rotatable bonds is 3. The fraction of sp³-hybridized carbons (Fsp3) is 0.400. The first kappa shape index (κ1) is 6.66. The lowest BCUT2D eigenvalue weighted by Gasteiger charge is -1.97. The Morgan fingerprint density at radius 3 is 2.57 bits per heavy atom. The first-order valence-electron chi connectivity index (χ1n) is 2.16. The molecular weight excluding hydrogens is 90.1 g/mol. The molecule has 0 unspecified atom stereocenters. The van der Waals surface area contributed by atoms with E-state index in [0.29, 0.717) is 12.5 Å². The van der Waals surface area contributed by atoms with Gasteiger partial charge < -0.3 is 10.8 Å². The van der Waals surface area contributed by atoms with E-state index in [0.717, 1.165) is 0 Å². The molecule has 3 N–H and O–H groups in total. The van der Waals surface area contributed by atoms with Crippen molar-refractivity contribution in [2.45, 2.75) is 6.42 Å². The summed E-state index contributed by atoms with van der Waals surface area (Å²) in [5.74, 6) is 0. The summed E-state index contributed by atoms with van der Waals surface area (Å²) in [7, 11) is 0. The van der Waals surface area contributed by atoms with Crippen LogP contribution < -0.4 is 5.73 Å². The second kappa shape index (κ2) is 3.84. The highest BCUT2D eigenvalue weighted by Gasteiger charge is 1.91. The molecule has 0 amide bonds. The Labute approximate surface area is 43.6 Å². The normalized spacial score (nSPS) is 9.57. The Kier molecular flexibility index (Phi) is 3.65. The van der Waals surface area contributed by atoms with Gasteiger partial charge in [0.25, 0.3) is 0 Å². The van der Waals surface area contributed by atoms with Gasteiger partial charge in [-0.25, -0.2) is 0 Å². The molecule has 1 radical (unpaired) electrons. The van der Waals surface area contributed by atoms with Crippen LogP contribution in [0.3, 0.4) is 0 Å². The zero-order valence-electron chi connectivity index (χ0n) is 4.22. The topological polar surface area (TPSA) is 46.2 Å². The van der Waals surface area contributed by atoms with Crippen LogP contribution >= 0.6 is 0 Å². The van der Waals surface area contributed by atoms with Crippen LogP contribution in [-0.4, -0.2) is 11.7 Å². The van der Waals surface area contributed by atoms with E-state index >= 15 is 0 Å². The predicted molar refractivity (Wildman–Crippen MR) is 29.3 cm³/mol. The minimum absolute atomic E-state index is 0.109. The second-order valence-corrected chi connectivity index (χ2v) is 1.25. The van der Waals surface area contributed by atoms with Gasteiger partial charge in [0.05, 0.1) is 6.04 Å². The Morgan fingerprint density at radius 2 is 2.43 bits per heavy atom. The Morgan fingerprint density at radius 1 is 1.86 bits per heavy atom. The van der Waals surface area contributed by atoms with Crippen molar-refractivity contribution < 1.29 is 5.11 Å². The molecule has 0 saturated carbocycles. The van der Waals surface area contributed by atoms with Crippen molar-refractivity contribution in [1.82, 2.24) is 0 Å². The number of hydrogen-bond donors (Lipinski definition) is 2. The van der Waals surface area contributed by atoms with Gasteiger partial charge in [0, 0.05) is 6.61 Å². The van der Waals surface area contributed by atoms with Gasteiger partial charge in [-0.3, -0.25) is 0 Å². The summed E-state index contributed by atoms with van der Waals surface area (Å²) in [6, 6.07) is 0.641. The van der Waals surface area contributed by atoms with Gasteiger partial charge in [-0.15, -0.1) is 6.58 Å². The van der Waals surface area contributed by atoms with Crippen molar-refractivity contribution in [1.29, 1.82) is 0 Å². The molecule has 2 nitrogen and oxygen atoms in total. The van der Waals surface area contributed by atoms with Crippen molar-refractivity contribution >= 4 is 0 Å². The molecule has 0 saturated heterocycles. The second-order valence-electron chi connectivity index (χ2n) is 1.25. The minimum atomic E-state index is 0.109. The average Bonchev–Trinajstić information content (AvgIpc) is 1.68. The quantitative estimate of drug-likeness (QED) is 0.526. The maximum absolute atomic E-state index is 8.22. The first-order valence-corrected chi connectivity index (χ1v) is 2.16. The monoisotopic (exact) mass is 100 g/mol. The molecule has 0 aromatic carbocycles. The zero-order chi connectivity index (χ0) is 5.70. The van der Waals surface area contributed by atoms with Gasteiger partial charge in [0.2, 0.25) is 0 Å². The van der Waals surface area contributed by atoms with E-state index in [-0.39, 0.29) is 6.61 Å². The summed E-state index contributed by atoms with van der Waals surface area (Å²) in [5, 5.41) is 8.22. The molecule has 2 heteroatoms. The fourth-order valence-corrected chi connectivity index (χ4v) is 0.231. The fourth-order valence-electron chi connectivity index (χ4n) is 0.231. The van der Waals surface area contributed by atoms with Crippen LogP contribution in [0, 0.1) is 6.04 Å². The van der Waals surface area contributed by atoms with E-state index in [1.54, 1.807) is 0 Å². The third kappa shape index (κ3) is 3.49. The number of hydrogen-bond acceptors (Lipinski definition) is 2. The van der Waals surface area contributed by atoms with Crippen LogP contribution in [0.2, 0.25) is 0 Å². The van der Waals surface area contributed by atoms with E-state index in [1.165, 1.54) is 6.08 Å². The van der Waals surface area contributed by atoms with Gasteiger partial charge >= 0.3 is 0 Å². The summed E-state index contributed by atoms with van der Waals surface area (Å²) >= 11 is 0. The van der Waals surface area contributed by atoms with E-state index < -0.39 is 0 Å². The van der Waals surface area contributed by atoms with Crippen molar-refractivity contribution in [3.05, 3.63) is 18.7 Å². The molecule has 0 heterocycles. The third-order valence-corrected chi connectivity index (χ3v) is 0.663. The van der Waals surface area contributed by atoms with Gasteiger partial charge in [-0.05, 0) is 6.42 Å².